The van der Waals surface area contributed by atoms with Crippen molar-refractivity contribution in [2.45, 2.75) is 51.5 Å². The Balaban J connectivity index is 2.00. The molecule has 0 aromatic heterocycles. The van der Waals surface area contributed by atoms with E-state index in [4.69, 9.17) is 11.6 Å². The Hall–Kier alpha value is -0.180. The van der Waals surface area contributed by atoms with Gasteiger partial charge >= 0.3 is 0 Å². The molecule has 1 aromatic rings. The fraction of sp³-hybridized carbons (Fsp3) is 0.647. The summed E-state index contributed by atoms with van der Waals surface area (Å²) in [4.78, 5) is 2.39. The third-order valence-electron chi connectivity index (χ3n) is 3.56. The van der Waals surface area contributed by atoms with Gasteiger partial charge in [0.2, 0.25) is 0 Å². The second kappa shape index (κ2) is 11.5. The molecule has 1 nitrogen and oxygen atoms in total. The molecule has 0 saturated heterocycles. The average Bonchev–Trinajstić information content (AvgIpc) is 2.44. The lowest BCUT2D eigenvalue weighted by molar-refractivity contribution is 0.316. The third kappa shape index (κ3) is 8.89. The van der Waals surface area contributed by atoms with Crippen LogP contribution in [0.1, 0.15) is 50.5 Å². The predicted octanol–water partition coefficient (Wildman–Crippen LogP) is 5.43. The maximum atomic E-state index is 5.89. The number of rotatable bonds is 11. The molecular formula is C17H28ClNS. The first-order valence-electron chi connectivity index (χ1n) is 7.76. The Morgan fingerprint density at radius 1 is 0.900 bits per heavy atom. The molecule has 0 aliphatic carbocycles. The quantitative estimate of drug-likeness (QED) is 0.421. The Labute approximate surface area is 135 Å². The molecule has 0 fully saturated rings. The molecule has 1 aromatic carbocycles. The van der Waals surface area contributed by atoms with Gasteiger partial charge in [-0.2, -0.15) is 12.6 Å². The first-order chi connectivity index (χ1) is 9.72. The van der Waals surface area contributed by atoms with Crippen LogP contribution < -0.4 is 0 Å². The minimum Gasteiger partial charge on any atom is -0.302 e. The average molecular weight is 314 g/mol. The molecule has 0 atom stereocenters. The summed E-state index contributed by atoms with van der Waals surface area (Å²) in [5, 5.41) is 0.814. The topological polar surface area (TPSA) is 3.24 Å². The highest BCUT2D eigenvalue weighted by molar-refractivity contribution is 7.80. The summed E-state index contributed by atoms with van der Waals surface area (Å²) >= 11 is 10.1. The van der Waals surface area contributed by atoms with E-state index >= 15 is 0 Å². The van der Waals surface area contributed by atoms with Crippen molar-refractivity contribution in [1.29, 1.82) is 0 Å². The Kier molecular flexibility index (Phi) is 10.3. The third-order valence-corrected chi connectivity index (χ3v) is 4.13. The molecule has 0 bridgehead atoms. The zero-order valence-electron chi connectivity index (χ0n) is 12.7. The van der Waals surface area contributed by atoms with Gasteiger partial charge in [-0.15, -0.1) is 0 Å². The summed E-state index contributed by atoms with van der Waals surface area (Å²) in [5.74, 6) is 1.04. The summed E-state index contributed by atoms with van der Waals surface area (Å²) in [6, 6.07) is 8.16. The molecule has 1 rings (SSSR count). The van der Waals surface area contributed by atoms with E-state index < -0.39 is 0 Å². The van der Waals surface area contributed by atoms with E-state index in [0.29, 0.717) is 0 Å². The molecule has 0 saturated carbocycles. The van der Waals surface area contributed by atoms with E-state index in [1.165, 1.54) is 57.1 Å². The van der Waals surface area contributed by atoms with Gasteiger partial charge in [-0.1, -0.05) is 55.8 Å². The van der Waals surface area contributed by atoms with Crippen molar-refractivity contribution >= 4 is 24.2 Å². The molecule has 0 aliphatic heterocycles. The van der Waals surface area contributed by atoms with Crippen LogP contribution in [-0.2, 0) is 6.54 Å². The van der Waals surface area contributed by atoms with Crippen molar-refractivity contribution < 1.29 is 0 Å². The van der Waals surface area contributed by atoms with Crippen molar-refractivity contribution in [3.8, 4) is 0 Å². The summed E-state index contributed by atoms with van der Waals surface area (Å²) in [5.41, 5.74) is 1.34. The van der Waals surface area contributed by atoms with Crippen LogP contribution in [0.5, 0.6) is 0 Å². The molecule has 0 aliphatic rings. The lowest BCUT2D eigenvalue weighted by atomic mass is 10.1. The normalized spacial score (nSPS) is 11.2. The highest BCUT2D eigenvalue weighted by Gasteiger charge is 2.00. The van der Waals surface area contributed by atoms with Gasteiger partial charge in [0.05, 0.1) is 0 Å². The second-order valence-electron chi connectivity index (χ2n) is 5.56. The van der Waals surface area contributed by atoms with Crippen molar-refractivity contribution in [3.05, 3.63) is 34.9 Å². The fourth-order valence-electron chi connectivity index (χ4n) is 2.36. The molecule has 0 amide bonds. The number of hydrogen-bond acceptors (Lipinski definition) is 2. The predicted molar refractivity (Wildman–Crippen MR) is 94.0 cm³/mol. The number of thiol groups is 1. The SMILES string of the molecule is CN(CCCCCCCCCS)Cc1ccc(Cl)cc1. The van der Waals surface area contributed by atoms with E-state index in [1.807, 2.05) is 12.1 Å². The zero-order chi connectivity index (χ0) is 14.6. The number of benzene rings is 1. The van der Waals surface area contributed by atoms with E-state index in [-0.39, 0.29) is 0 Å². The minimum absolute atomic E-state index is 0.814. The van der Waals surface area contributed by atoms with Crippen LogP contribution in [0.3, 0.4) is 0 Å². The van der Waals surface area contributed by atoms with Gasteiger partial charge < -0.3 is 4.90 Å². The van der Waals surface area contributed by atoms with Crippen LogP contribution >= 0.6 is 24.2 Å². The van der Waals surface area contributed by atoms with Gasteiger partial charge in [0.25, 0.3) is 0 Å². The lowest BCUT2D eigenvalue weighted by Gasteiger charge is -2.16. The molecule has 3 heteroatoms. The summed E-state index contributed by atoms with van der Waals surface area (Å²) < 4.78 is 0. The van der Waals surface area contributed by atoms with Crippen LogP contribution in [0.2, 0.25) is 5.02 Å². The largest absolute Gasteiger partial charge is 0.302 e. The zero-order valence-corrected chi connectivity index (χ0v) is 14.3. The number of hydrogen-bond donors (Lipinski definition) is 1. The van der Waals surface area contributed by atoms with Crippen LogP contribution in [0.15, 0.2) is 24.3 Å². The van der Waals surface area contributed by atoms with E-state index in [0.717, 1.165) is 17.3 Å². The van der Waals surface area contributed by atoms with Gasteiger partial charge in [0.1, 0.15) is 0 Å². The Bertz CT molecular complexity index is 339. The van der Waals surface area contributed by atoms with Crippen LogP contribution in [0, 0.1) is 0 Å². The highest BCUT2D eigenvalue weighted by Crippen LogP contribution is 2.12. The lowest BCUT2D eigenvalue weighted by Crippen LogP contribution is -2.18. The van der Waals surface area contributed by atoms with Gasteiger partial charge in [-0.25, -0.2) is 0 Å². The molecule has 114 valence electrons. The molecular weight excluding hydrogens is 286 g/mol. The van der Waals surface area contributed by atoms with E-state index in [2.05, 4.69) is 36.7 Å². The maximum absolute atomic E-state index is 5.89. The number of nitrogens with zero attached hydrogens (tertiary/aromatic N) is 1. The smallest absolute Gasteiger partial charge is 0.0406 e. The molecule has 0 radical (unpaired) electrons. The Morgan fingerprint density at radius 2 is 1.45 bits per heavy atom. The van der Waals surface area contributed by atoms with Crippen molar-refractivity contribution in [2.24, 2.45) is 0 Å². The summed E-state index contributed by atoms with van der Waals surface area (Å²) in [6.07, 6.45) is 9.41. The second-order valence-corrected chi connectivity index (χ2v) is 6.45. The molecule has 0 heterocycles. The fourth-order valence-corrected chi connectivity index (χ4v) is 2.71. The Morgan fingerprint density at radius 3 is 2.05 bits per heavy atom. The standard InChI is InChI=1S/C17H28ClNS/c1-19(15-16-9-11-17(18)12-10-16)13-7-5-3-2-4-6-8-14-20/h9-12,20H,2-8,13-15H2,1H3. The van der Waals surface area contributed by atoms with Crippen LogP contribution in [-0.4, -0.2) is 24.2 Å². The molecule has 0 N–H and O–H groups in total. The summed E-state index contributed by atoms with van der Waals surface area (Å²) in [6.45, 7) is 2.19. The summed E-state index contributed by atoms with van der Waals surface area (Å²) in [7, 11) is 2.20. The maximum Gasteiger partial charge on any atom is 0.0406 e. The monoisotopic (exact) mass is 313 g/mol. The van der Waals surface area contributed by atoms with Crippen LogP contribution in [0.25, 0.3) is 0 Å². The number of halogens is 1. The van der Waals surface area contributed by atoms with Crippen LogP contribution in [0.4, 0.5) is 0 Å². The van der Waals surface area contributed by atoms with Gasteiger partial charge in [0.15, 0.2) is 0 Å². The molecule has 20 heavy (non-hydrogen) atoms. The van der Waals surface area contributed by atoms with Gasteiger partial charge in [-0.05, 0) is 49.9 Å². The number of unbranched alkanes of at least 4 members (excludes halogenated alkanes) is 6. The van der Waals surface area contributed by atoms with E-state index in [9.17, 15) is 0 Å². The highest BCUT2D eigenvalue weighted by atomic mass is 35.5. The first-order valence-corrected chi connectivity index (χ1v) is 8.77. The molecule has 0 unspecified atom stereocenters. The minimum atomic E-state index is 0.814. The van der Waals surface area contributed by atoms with Gasteiger partial charge in [-0.3, -0.25) is 0 Å². The van der Waals surface area contributed by atoms with E-state index in [1.54, 1.807) is 0 Å². The first kappa shape index (κ1) is 17.9. The van der Waals surface area contributed by atoms with Crippen molar-refractivity contribution in [1.82, 2.24) is 4.90 Å². The van der Waals surface area contributed by atoms with Crippen molar-refractivity contribution in [2.75, 3.05) is 19.3 Å². The molecule has 0 spiro atoms. The van der Waals surface area contributed by atoms with Crippen molar-refractivity contribution in [3.63, 3.8) is 0 Å². The van der Waals surface area contributed by atoms with Gasteiger partial charge in [0, 0.05) is 11.6 Å².